The van der Waals surface area contributed by atoms with Gasteiger partial charge in [-0.3, -0.25) is 9.59 Å². The smallest absolute Gasteiger partial charge is 0.309 e. The van der Waals surface area contributed by atoms with E-state index in [1.165, 1.54) is 0 Å². The van der Waals surface area contributed by atoms with E-state index in [4.69, 9.17) is 0 Å². The number of halogens is 1. The molecule has 1 aliphatic rings. The summed E-state index contributed by atoms with van der Waals surface area (Å²) in [6.45, 7) is 4.84. The number of benzene rings is 1. The lowest BCUT2D eigenvalue weighted by atomic mass is 9.76. The summed E-state index contributed by atoms with van der Waals surface area (Å²) in [5.74, 6) is -0.744. The van der Waals surface area contributed by atoms with Crippen molar-refractivity contribution in [1.29, 1.82) is 0 Å². The fourth-order valence-corrected chi connectivity index (χ4v) is 3.37. The van der Waals surface area contributed by atoms with Crippen LogP contribution in [0.25, 0.3) is 0 Å². The molecule has 1 aromatic rings. The second-order valence-electron chi connectivity index (χ2n) is 5.69. The van der Waals surface area contributed by atoms with Gasteiger partial charge in [0.1, 0.15) is 0 Å². The lowest BCUT2D eigenvalue weighted by molar-refractivity contribution is -0.152. The van der Waals surface area contributed by atoms with Crippen molar-refractivity contribution in [3.05, 3.63) is 33.8 Å². The van der Waals surface area contributed by atoms with E-state index in [2.05, 4.69) is 15.9 Å². The van der Waals surface area contributed by atoms with Crippen molar-refractivity contribution in [1.82, 2.24) is 4.90 Å². The Morgan fingerprint density at radius 3 is 2.43 bits per heavy atom. The minimum atomic E-state index is -0.739. The number of aryl methyl sites for hydroxylation is 1. The molecule has 0 radical (unpaired) electrons. The van der Waals surface area contributed by atoms with Crippen molar-refractivity contribution >= 4 is 27.8 Å². The summed E-state index contributed by atoms with van der Waals surface area (Å²) in [4.78, 5) is 25.8. The Kier molecular flexibility index (Phi) is 4.71. The first-order chi connectivity index (χ1) is 9.89. The van der Waals surface area contributed by atoms with Crippen LogP contribution in [0.3, 0.4) is 0 Å². The maximum absolute atomic E-state index is 12.6. The highest BCUT2D eigenvalue weighted by Crippen LogP contribution is 2.35. The third-order valence-electron chi connectivity index (χ3n) is 4.56. The molecule has 1 aromatic carbocycles. The molecular weight excluding hydrogens is 334 g/mol. The number of amides is 1. The third kappa shape index (κ3) is 3.12. The molecule has 21 heavy (non-hydrogen) atoms. The van der Waals surface area contributed by atoms with Crippen LogP contribution in [-0.2, 0) is 4.79 Å². The number of carboxylic acid groups (broad SMARTS) is 1. The average molecular weight is 354 g/mol. The molecule has 0 aromatic heterocycles. The van der Waals surface area contributed by atoms with Crippen LogP contribution in [-0.4, -0.2) is 35.0 Å². The Balaban J connectivity index is 2.12. The molecule has 0 unspecified atom stereocenters. The molecular formula is C16H20BrNO3. The number of likely N-dealkylation sites (tertiary alicyclic amines) is 1. The molecule has 1 N–H and O–H groups in total. The number of aliphatic carboxylic acids is 1. The van der Waals surface area contributed by atoms with Gasteiger partial charge in [0.25, 0.3) is 5.91 Å². The Hall–Kier alpha value is -1.36. The summed E-state index contributed by atoms with van der Waals surface area (Å²) < 4.78 is 0.950. The number of hydrogen-bond donors (Lipinski definition) is 1. The predicted octanol–water partition coefficient (Wildman–Crippen LogP) is 3.47. The van der Waals surface area contributed by atoms with Gasteiger partial charge in [-0.05, 0) is 49.9 Å². The Bertz CT molecular complexity index is 563. The molecule has 5 heteroatoms. The van der Waals surface area contributed by atoms with Crippen molar-refractivity contribution in [2.75, 3.05) is 13.1 Å². The van der Waals surface area contributed by atoms with Crippen LogP contribution in [0.2, 0.25) is 0 Å². The van der Waals surface area contributed by atoms with Gasteiger partial charge in [-0.2, -0.15) is 0 Å². The zero-order valence-electron chi connectivity index (χ0n) is 12.4. The molecule has 1 fully saturated rings. The molecule has 2 rings (SSSR count). The van der Waals surface area contributed by atoms with Crippen molar-refractivity contribution < 1.29 is 14.7 Å². The van der Waals surface area contributed by atoms with Crippen LogP contribution in [0.15, 0.2) is 22.7 Å². The molecule has 1 amide bonds. The number of carbonyl (C=O) groups excluding carboxylic acids is 1. The highest BCUT2D eigenvalue weighted by atomic mass is 79.9. The molecule has 114 valence electrons. The first-order valence-corrected chi connectivity index (χ1v) is 7.98. The van der Waals surface area contributed by atoms with Gasteiger partial charge in [-0.15, -0.1) is 0 Å². The van der Waals surface area contributed by atoms with Gasteiger partial charge in [0.15, 0.2) is 0 Å². The first kappa shape index (κ1) is 16.0. The van der Waals surface area contributed by atoms with E-state index in [0.717, 1.165) is 10.0 Å². The fraction of sp³-hybridized carbons (Fsp3) is 0.500. The van der Waals surface area contributed by atoms with Crippen molar-refractivity contribution in [3.63, 3.8) is 0 Å². The van der Waals surface area contributed by atoms with E-state index >= 15 is 0 Å². The number of carbonyl (C=O) groups is 2. The predicted molar refractivity (Wildman–Crippen MR) is 84.4 cm³/mol. The highest BCUT2D eigenvalue weighted by molar-refractivity contribution is 9.10. The van der Waals surface area contributed by atoms with Crippen LogP contribution in [0.5, 0.6) is 0 Å². The van der Waals surface area contributed by atoms with Gasteiger partial charge >= 0.3 is 5.97 Å². The Morgan fingerprint density at radius 1 is 1.33 bits per heavy atom. The topological polar surface area (TPSA) is 57.6 Å². The lowest BCUT2D eigenvalue weighted by Crippen LogP contribution is -2.46. The molecule has 0 spiro atoms. The quantitative estimate of drug-likeness (QED) is 0.904. The van der Waals surface area contributed by atoms with E-state index in [0.29, 0.717) is 37.9 Å². The summed E-state index contributed by atoms with van der Waals surface area (Å²) in [5, 5.41) is 9.40. The van der Waals surface area contributed by atoms with Crippen LogP contribution in [0, 0.1) is 12.3 Å². The zero-order chi connectivity index (χ0) is 15.6. The maximum Gasteiger partial charge on any atom is 0.309 e. The van der Waals surface area contributed by atoms with Crippen molar-refractivity contribution in [2.45, 2.75) is 33.1 Å². The number of hydrogen-bond acceptors (Lipinski definition) is 2. The van der Waals surface area contributed by atoms with E-state index in [9.17, 15) is 14.7 Å². The number of piperidine rings is 1. The number of rotatable bonds is 3. The summed E-state index contributed by atoms with van der Waals surface area (Å²) in [6, 6.07) is 5.60. The van der Waals surface area contributed by atoms with Gasteiger partial charge in [-0.25, -0.2) is 0 Å². The summed E-state index contributed by atoms with van der Waals surface area (Å²) in [7, 11) is 0. The second-order valence-corrected chi connectivity index (χ2v) is 6.61. The van der Waals surface area contributed by atoms with Crippen molar-refractivity contribution in [2.24, 2.45) is 5.41 Å². The summed E-state index contributed by atoms with van der Waals surface area (Å²) >= 11 is 3.39. The van der Waals surface area contributed by atoms with E-state index in [1.54, 1.807) is 4.90 Å². The van der Waals surface area contributed by atoms with Crippen molar-refractivity contribution in [3.8, 4) is 0 Å². The average Bonchev–Trinajstić information content (AvgIpc) is 2.46. The van der Waals surface area contributed by atoms with E-state index < -0.39 is 11.4 Å². The molecule has 1 heterocycles. The van der Waals surface area contributed by atoms with Gasteiger partial charge in [-0.1, -0.05) is 22.9 Å². The Morgan fingerprint density at radius 2 is 1.95 bits per heavy atom. The number of carboxylic acids is 1. The highest BCUT2D eigenvalue weighted by Gasteiger charge is 2.40. The molecule has 0 saturated carbocycles. The number of nitrogens with zero attached hydrogens (tertiary/aromatic N) is 1. The Labute approximate surface area is 133 Å². The zero-order valence-corrected chi connectivity index (χ0v) is 13.9. The van der Waals surface area contributed by atoms with Crippen LogP contribution < -0.4 is 0 Å². The minimum absolute atomic E-state index is 0.00454. The van der Waals surface area contributed by atoms with Crippen LogP contribution in [0.1, 0.15) is 42.1 Å². The SMILES string of the molecule is CCC1(C(=O)O)CCN(C(=O)c2ccc(Br)cc2C)CC1. The molecule has 1 saturated heterocycles. The van der Waals surface area contributed by atoms with Crippen LogP contribution >= 0.6 is 15.9 Å². The monoisotopic (exact) mass is 353 g/mol. The summed E-state index contributed by atoms with van der Waals surface area (Å²) in [6.07, 6.45) is 1.67. The normalized spacial score (nSPS) is 17.6. The third-order valence-corrected chi connectivity index (χ3v) is 5.05. The molecule has 4 nitrogen and oxygen atoms in total. The first-order valence-electron chi connectivity index (χ1n) is 7.18. The minimum Gasteiger partial charge on any atom is -0.481 e. The standard InChI is InChI=1S/C16H20BrNO3/c1-3-16(15(20)21)6-8-18(9-7-16)14(19)13-5-4-12(17)10-11(13)2/h4-5,10H,3,6-9H2,1-2H3,(H,20,21). The molecule has 1 aliphatic heterocycles. The summed E-state index contributed by atoms with van der Waals surface area (Å²) in [5.41, 5.74) is 0.961. The van der Waals surface area contributed by atoms with Gasteiger partial charge < -0.3 is 10.0 Å². The van der Waals surface area contributed by atoms with Crippen LogP contribution in [0.4, 0.5) is 0 Å². The van der Waals surface area contributed by atoms with Gasteiger partial charge in [0, 0.05) is 23.1 Å². The van der Waals surface area contributed by atoms with Gasteiger partial charge in [0.2, 0.25) is 0 Å². The lowest BCUT2D eigenvalue weighted by Gasteiger charge is -2.38. The molecule has 0 bridgehead atoms. The second kappa shape index (κ2) is 6.18. The fourth-order valence-electron chi connectivity index (χ4n) is 2.89. The van der Waals surface area contributed by atoms with E-state index in [1.807, 2.05) is 32.0 Å². The van der Waals surface area contributed by atoms with E-state index in [-0.39, 0.29) is 5.91 Å². The molecule has 0 aliphatic carbocycles. The maximum atomic E-state index is 12.6. The van der Waals surface area contributed by atoms with Gasteiger partial charge in [0.05, 0.1) is 5.41 Å². The molecule has 0 atom stereocenters. The largest absolute Gasteiger partial charge is 0.481 e.